The van der Waals surface area contributed by atoms with E-state index < -0.39 is 47.9 Å². The summed E-state index contributed by atoms with van der Waals surface area (Å²) in [5.74, 6) is -5.01. The van der Waals surface area contributed by atoms with Crippen LogP contribution in [0.25, 0.3) is 0 Å². The Bertz CT molecular complexity index is 1700. The number of rotatable bonds is 15. The quantitative estimate of drug-likeness (QED) is 0.0636. The highest BCUT2D eigenvalue weighted by atomic mass is 16.6. The number of ether oxygens (including phenoxy) is 4. The van der Waals surface area contributed by atoms with E-state index >= 15 is 0 Å². The van der Waals surface area contributed by atoms with Gasteiger partial charge in [-0.1, -0.05) is 97.1 Å². The van der Waals surface area contributed by atoms with Crippen LogP contribution in [0.4, 0.5) is 0 Å². The molecule has 0 spiro atoms. The minimum Gasteiger partial charge on any atom is -0.459 e. The van der Waals surface area contributed by atoms with Crippen molar-refractivity contribution in [1.29, 1.82) is 0 Å². The maximum atomic E-state index is 12.8. The molecule has 0 unspecified atom stereocenters. The zero-order chi connectivity index (χ0) is 36.2. The molecule has 0 aliphatic rings. The van der Waals surface area contributed by atoms with E-state index in [1.807, 2.05) is 12.1 Å². The van der Waals surface area contributed by atoms with Gasteiger partial charge in [0, 0.05) is 22.3 Å². The number of hydrogen-bond donors (Lipinski definition) is 0. The third-order valence-corrected chi connectivity index (χ3v) is 7.90. The first-order chi connectivity index (χ1) is 24.0. The molecule has 4 aromatic rings. The number of carbonyl (C=O) groups is 6. The first-order valence-corrected chi connectivity index (χ1v) is 16.1. The van der Waals surface area contributed by atoms with Crippen LogP contribution >= 0.6 is 0 Å². The molecule has 10 nitrogen and oxygen atoms in total. The summed E-state index contributed by atoms with van der Waals surface area (Å²) in [6.07, 6.45) is -2.50. The molecule has 0 bridgehead atoms. The van der Waals surface area contributed by atoms with E-state index in [1.165, 1.54) is 13.8 Å². The van der Waals surface area contributed by atoms with E-state index in [1.54, 1.807) is 111 Å². The second-order valence-electron chi connectivity index (χ2n) is 11.6. The van der Waals surface area contributed by atoms with Crippen molar-refractivity contribution in [1.82, 2.24) is 0 Å². The fraction of sp³-hybridized carbons (Fsp3) is 0.250. The minimum atomic E-state index is -1.25. The lowest BCUT2D eigenvalue weighted by Crippen LogP contribution is -2.31. The van der Waals surface area contributed by atoms with E-state index in [-0.39, 0.29) is 24.8 Å². The van der Waals surface area contributed by atoms with Crippen molar-refractivity contribution in [3.63, 3.8) is 0 Å². The molecule has 0 amide bonds. The molecule has 0 aromatic heterocycles. The fourth-order valence-corrected chi connectivity index (χ4v) is 4.85. The van der Waals surface area contributed by atoms with Gasteiger partial charge in [0.15, 0.2) is 23.8 Å². The van der Waals surface area contributed by atoms with Crippen molar-refractivity contribution in [2.75, 3.05) is 13.2 Å². The molecule has 0 fully saturated rings. The van der Waals surface area contributed by atoms with Gasteiger partial charge in [-0.15, -0.1) is 0 Å². The maximum absolute atomic E-state index is 12.8. The lowest BCUT2D eigenvalue weighted by Gasteiger charge is -2.18. The zero-order valence-corrected chi connectivity index (χ0v) is 28.2. The standard InChI is InChI=1S/C40H38O10/c1-25(31-17-11-19-33(23-31)35(41)29-13-7-5-8-14-29)37(43)49-27(3)39(45)47-21-22-48-40(46)28(4)50-38(44)26(2)32-18-12-20-34(24-32)36(42)30-15-9-6-10-16-30/h5-20,23-28H,21-22H2,1-4H3/t25-,26-,27-,28+/m1/s1. The van der Waals surface area contributed by atoms with Gasteiger partial charge in [-0.25, -0.2) is 9.59 Å². The topological polar surface area (TPSA) is 139 Å². The molecule has 50 heavy (non-hydrogen) atoms. The van der Waals surface area contributed by atoms with Crippen LogP contribution in [0.15, 0.2) is 109 Å². The van der Waals surface area contributed by atoms with Gasteiger partial charge in [0.05, 0.1) is 11.8 Å². The largest absolute Gasteiger partial charge is 0.459 e. The van der Waals surface area contributed by atoms with Gasteiger partial charge >= 0.3 is 23.9 Å². The van der Waals surface area contributed by atoms with Crippen molar-refractivity contribution in [2.24, 2.45) is 0 Å². The maximum Gasteiger partial charge on any atom is 0.347 e. The predicted molar refractivity (Wildman–Crippen MR) is 182 cm³/mol. The number of esters is 4. The fourth-order valence-electron chi connectivity index (χ4n) is 4.85. The van der Waals surface area contributed by atoms with Crippen LogP contribution < -0.4 is 0 Å². The Hall–Kier alpha value is -5.90. The SMILES string of the molecule is C[C@H](OC(=O)[C@H](C)c1cccc(C(=O)c2ccccc2)c1)C(=O)OCCOC(=O)[C@@H](C)OC(=O)[C@H](C)c1cccc(C(=O)c2ccccc2)c1. The molecular formula is C40H38O10. The lowest BCUT2D eigenvalue weighted by molar-refractivity contribution is -0.172. The van der Waals surface area contributed by atoms with Gasteiger partial charge in [0.2, 0.25) is 0 Å². The summed E-state index contributed by atoms with van der Waals surface area (Å²) in [6, 6.07) is 30.8. The smallest absolute Gasteiger partial charge is 0.347 e. The van der Waals surface area contributed by atoms with Gasteiger partial charge in [0.25, 0.3) is 0 Å². The zero-order valence-electron chi connectivity index (χ0n) is 28.2. The van der Waals surface area contributed by atoms with Crippen molar-refractivity contribution >= 4 is 35.4 Å². The van der Waals surface area contributed by atoms with Crippen LogP contribution in [0.5, 0.6) is 0 Å². The third-order valence-electron chi connectivity index (χ3n) is 7.90. The summed E-state index contributed by atoms with van der Waals surface area (Å²) in [5.41, 5.74) is 2.94. The van der Waals surface area contributed by atoms with E-state index in [2.05, 4.69) is 0 Å². The molecule has 4 atom stereocenters. The van der Waals surface area contributed by atoms with Gasteiger partial charge in [-0.3, -0.25) is 19.2 Å². The molecule has 0 radical (unpaired) electrons. The van der Waals surface area contributed by atoms with E-state index in [0.29, 0.717) is 33.4 Å². The van der Waals surface area contributed by atoms with Crippen molar-refractivity contribution < 1.29 is 47.7 Å². The molecule has 0 N–H and O–H groups in total. The molecule has 0 aliphatic carbocycles. The summed E-state index contributed by atoms with van der Waals surface area (Å²) < 4.78 is 20.8. The molecule has 0 aliphatic heterocycles. The van der Waals surface area contributed by atoms with Crippen LogP contribution in [0.2, 0.25) is 0 Å². The first kappa shape index (κ1) is 36.9. The van der Waals surface area contributed by atoms with Crippen molar-refractivity contribution in [3.05, 3.63) is 143 Å². The van der Waals surface area contributed by atoms with E-state index in [0.717, 1.165) is 0 Å². The van der Waals surface area contributed by atoms with E-state index in [9.17, 15) is 28.8 Å². The number of benzene rings is 4. The molecule has 0 saturated heterocycles. The highest BCUT2D eigenvalue weighted by molar-refractivity contribution is 6.09. The molecular weight excluding hydrogens is 640 g/mol. The summed E-state index contributed by atoms with van der Waals surface area (Å²) in [6.45, 7) is 5.25. The van der Waals surface area contributed by atoms with Gasteiger partial charge in [-0.2, -0.15) is 0 Å². The number of hydrogen-bond acceptors (Lipinski definition) is 10. The molecule has 258 valence electrons. The minimum absolute atomic E-state index is 0.188. The molecule has 4 aromatic carbocycles. The normalized spacial score (nSPS) is 13.1. The monoisotopic (exact) mass is 678 g/mol. The first-order valence-electron chi connectivity index (χ1n) is 16.1. The Morgan fingerprint density at radius 3 is 1.14 bits per heavy atom. The average molecular weight is 679 g/mol. The van der Waals surface area contributed by atoms with Crippen molar-refractivity contribution in [2.45, 2.75) is 51.7 Å². The van der Waals surface area contributed by atoms with Gasteiger partial charge in [-0.05, 0) is 51.0 Å². The van der Waals surface area contributed by atoms with Crippen LogP contribution in [0, 0.1) is 0 Å². The summed E-state index contributed by atoms with van der Waals surface area (Å²) in [5, 5.41) is 0. The van der Waals surface area contributed by atoms with Crippen LogP contribution in [-0.4, -0.2) is 60.9 Å². The molecule has 0 saturated carbocycles. The van der Waals surface area contributed by atoms with Crippen molar-refractivity contribution in [3.8, 4) is 0 Å². The highest BCUT2D eigenvalue weighted by Gasteiger charge is 2.27. The lowest BCUT2D eigenvalue weighted by atomic mass is 9.96. The molecule has 10 heteroatoms. The van der Waals surface area contributed by atoms with Crippen LogP contribution in [0.3, 0.4) is 0 Å². The third kappa shape index (κ3) is 9.82. The Morgan fingerprint density at radius 2 is 0.780 bits per heavy atom. The molecule has 0 heterocycles. The second-order valence-corrected chi connectivity index (χ2v) is 11.6. The number of carbonyl (C=O) groups excluding carboxylic acids is 6. The summed E-state index contributed by atoms with van der Waals surface area (Å²) in [7, 11) is 0. The van der Waals surface area contributed by atoms with Gasteiger partial charge in [0.1, 0.15) is 13.2 Å². The highest BCUT2D eigenvalue weighted by Crippen LogP contribution is 2.22. The second kappa shape index (κ2) is 17.5. The Morgan fingerprint density at radius 1 is 0.440 bits per heavy atom. The van der Waals surface area contributed by atoms with Crippen LogP contribution in [-0.2, 0) is 38.1 Å². The Labute approximate surface area is 290 Å². The summed E-state index contributed by atoms with van der Waals surface area (Å²) >= 11 is 0. The Kier molecular flexibility index (Phi) is 12.9. The van der Waals surface area contributed by atoms with E-state index in [4.69, 9.17) is 18.9 Å². The summed E-state index contributed by atoms with van der Waals surface area (Å²) in [4.78, 5) is 76.1. The number of ketones is 2. The van der Waals surface area contributed by atoms with Gasteiger partial charge < -0.3 is 18.9 Å². The predicted octanol–water partition coefficient (Wildman–Crippen LogP) is 6.01. The average Bonchev–Trinajstić information content (AvgIpc) is 3.15. The van der Waals surface area contributed by atoms with Crippen LogP contribution in [0.1, 0.15) is 82.5 Å². The molecule has 4 rings (SSSR count). The Balaban J connectivity index is 1.19.